The van der Waals surface area contributed by atoms with Gasteiger partial charge in [0.25, 0.3) is 0 Å². The minimum Gasteiger partial charge on any atom is -0.265 e. The zero-order chi connectivity index (χ0) is 11.9. The molecule has 1 heterocycles. The summed E-state index contributed by atoms with van der Waals surface area (Å²) >= 11 is 0. The van der Waals surface area contributed by atoms with E-state index in [1.54, 1.807) is 13.8 Å². The number of sulfonamides is 1. The Morgan fingerprint density at radius 3 is 2.31 bits per heavy atom. The van der Waals surface area contributed by atoms with Gasteiger partial charge in [0, 0.05) is 0 Å². The van der Waals surface area contributed by atoms with Crippen LogP contribution >= 0.6 is 0 Å². The fraction of sp³-hybridized carbons (Fsp3) is 0.700. The van der Waals surface area contributed by atoms with Gasteiger partial charge in [0.2, 0.25) is 10.0 Å². The Labute approximate surface area is 95.7 Å². The molecule has 0 aliphatic heterocycles. The van der Waals surface area contributed by atoms with Gasteiger partial charge in [-0.05, 0) is 26.7 Å². The van der Waals surface area contributed by atoms with Gasteiger partial charge < -0.3 is 0 Å². The van der Waals surface area contributed by atoms with Crippen molar-refractivity contribution in [2.24, 2.45) is 5.14 Å². The largest absolute Gasteiger partial charge is 0.265 e. The second-order valence-corrected chi connectivity index (χ2v) is 5.93. The van der Waals surface area contributed by atoms with Gasteiger partial charge in [0.05, 0.1) is 17.4 Å². The lowest BCUT2D eigenvalue weighted by molar-refractivity contribution is 0.453. The van der Waals surface area contributed by atoms with Crippen LogP contribution in [0.4, 0.5) is 0 Å². The molecule has 1 aliphatic carbocycles. The monoisotopic (exact) mass is 243 g/mol. The number of rotatable bonds is 2. The van der Waals surface area contributed by atoms with E-state index in [4.69, 9.17) is 5.14 Å². The van der Waals surface area contributed by atoms with E-state index in [-0.39, 0.29) is 4.90 Å². The molecule has 1 fully saturated rings. The molecule has 16 heavy (non-hydrogen) atoms. The van der Waals surface area contributed by atoms with Crippen molar-refractivity contribution < 1.29 is 8.42 Å². The zero-order valence-corrected chi connectivity index (χ0v) is 10.4. The summed E-state index contributed by atoms with van der Waals surface area (Å²) in [7, 11) is -3.66. The molecular formula is C10H17N3O2S. The quantitative estimate of drug-likeness (QED) is 0.849. The summed E-state index contributed by atoms with van der Waals surface area (Å²) in [4.78, 5) is 0.194. The highest BCUT2D eigenvalue weighted by molar-refractivity contribution is 7.89. The van der Waals surface area contributed by atoms with Gasteiger partial charge in [-0.25, -0.2) is 13.6 Å². The van der Waals surface area contributed by atoms with E-state index in [1.807, 2.05) is 4.68 Å². The van der Waals surface area contributed by atoms with Crippen molar-refractivity contribution >= 4 is 10.0 Å². The highest BCUT2D eigenvalue weighted by atomic mass is 32.2. The van der Waals surface area contributed by atoms with E-state index in [9.17, 15) is 8.42 Å². The summed E-state index contributed by atoms with van der Waals surface area (Å²) in [5, 5.41) is 9.51. The average Bonchev–Trinajstić information content (AvgIpc) is 2.71. The summed E-state index contributed by atoms with van der Waals surface area (Å²) in [5.41, 5.74) is 1.18. The molecule has 1 saturated carbocycles. The van der Waals surface area contributed by atoms with Crippen molar-refractivity contribution in [1.82, 2.24) is 9.78 Å². The average molecular weight is 243 g/mol. The van der Waals surface area contributed by atoms with Gasteiger partial charge in [-0.3, -0.25) is 4.68 Å². The molecule has 0 aromatic carbocycles. The molecule has 0 spiro atoms. The molecule has 5 nitrogen and oxygen atoms in total. The van der Waals surface area contributed by atoms with Gasteiger partial charge in [-0.1, -0.05) is 12.8 Å². The van der Waals surface area contributed by atoms with Gasteiger partial charge >= 0.3 is 0 Å². The molecule has 90 valence electrons. The molecule has 1 aliphatic rings. The first-order valence-electron chi connectivity index (χ1n) is 5.50. The van der Waals surface area contributed by atoms with Crippen LogP contribution in [0.25, 0.3) is 0 Å². The maximum Gasteiger partial charge on any atom is 0.241 e. The molecule has 0 amide bonds. The molecule has 2 rings (SSSR count). The van der Waals surface area contributed by atoms with Crippen molar-refractivity contribution in [1.29, 1.82) is 0 Å². The van der Waals surface area contributed by atoms with Crippen LogP contribution < -0.4 is 5.14 Å². The molecule has 0 unspecified atom stereocenters. The fourth-order valence-electron chi connectivity index (χ4n) is 2.56. The summed E-state index contributed by atoms with van der Waals surface area (Å²) in [5.74, 6) is 0. The zero-order valence-electron chi connectivity index (χ0n) is 9.60. The van der Waals surface area contributed by atoms with E-state index in [1.165, 1.54) is 12.8 Å². The third-order valence-electron chi connectivity index (χ3n) is 3.21. The van der Waals surface area contributed by atoms with Crippen LogP contribution in [-0.4, -0.2) is 18.2 Å². The number of hydrogen-bond acceptors (Lipinski definition) is 3. The van der Waals surface area contributed by atoms with Gasteiger partial charge in [-0.2, -0.15) is 5.10 Å². The molecule has 1 aromatic heterocycles. The Bertz CT molecular complexity index is 498. The number of nitrogens with zero attached hydrogens (tertiary/aromatic N) is 2. The predicted octanol–water partition coefficient (Wildman–Crippen LogP) is 1.26. The number of aryl methyl sites for hydroxylation is 1. The normalized spacial score (nSPS) is 18.2. The number of hydrogen-bond donors (Lipinski definition) is 1. The van der Waals surface area contributed by atoms with E-state index < -0.39 is 10.0 Å². The van der Waals surface area contributed by atoms with Crippen LogP contribution in [0, 0.1) is 13.8 Å². The molecule has 0 atom stereocenters. The number of aromatic nitrogens is 2. The summed E-state index contributed by atoms with van der Waals surface area (Å²) < 4.78 is 24.7. The van der Waals surface area contributed by atoms with E-state index in [2.05, 4.69) is 5.10 Å². The summed E-state index contributed by atoms with van der Waals surface area (Å²) in [6.07, 6.45) is 4.53. The van der Waals surface area contributed by atoms with Crippen LogP contribution in [0.15, 0.2) is 4.90 Å². The van der Waals surface area contributed by atoms with E-state index in [0.29, 0.717) is 17.4 Å². The lowest BCUT2D eigenvalue weighted by Crippen LogP contribution is -2.15. The third kappa shape index (κ3) is 1.87. The number of nitrogens with two attached hydrogens (primary N) is 1. The maximum atomic E-state index is 11.4. The fourth-order valence-corrected chi connectivity index (χ4v) is 3.52. The highest BCUT2D eigenvalue weighted by Gasteiger charge is 2.26. The lowest BCUT2D eigenvalue weighted by Gasteiger charge is -2.12. The molecule has 0 radical (unpaired) electrons. The SMILES string of the molecule is Cc1nn(C2CCCC2)c(C)c1S(N)(=O)=O. The van der Waals surface area contributed by atoms with Crippen LogP contribution in [0.5, 0.6) is 0 Å². The van der Waals surface area contributed by atoms with Crippen LogP contribution in [0.2, 0.25) is 0 Å². The van der Waals surface area contributed by atoms with E-state index in [0.717, 1.165) is 12.8 Å². The summed E-state index contributed by atoms with van der Waals surface area (Å²) in [6.45, 7) is 3.47. The molecule has 0 bridgehead atoms. The first kappa shape index (κ1) is 11.6. The van der Waals surface area contributed by atoms with Crippen molar-refractivity contribution in [3.05, 3.63) is 11.4 Å². The Hall–Kier alpha value is -0.880. The van der Waals surface area contributed by atoms with E-state index >= 15 is 0 Å². The smallest absolute Gasteiger partial charge is 0.241 e. The van der Waals surface area contributed by atoms with Crippen molar-refractivity contribution in [3.63, 3.8) is 0 Å². The molecule has 0 saturated heterocycles. The second kappa shape index (κ2) is 3.85. The van der Waals surface area contributed by atoms with Gasteiger partial charge in [0.15, 0.2) is 0 Å². The van der Waals surface area contributed by atoms with Crippen LogP contribution in [-0.2, 0) is 10.0 Å². The summed E-state index contributed by atoms with van der Waals surface area (Å²) in [6, 6.07) is 0.342. The first-order chi connectivity index (χ1) is 7.41. The Morgan fingerprint density at radius 2 is 1.88 bits per heavy atom. The molecule has 2 N–H and O–H groups in total. The standard InChI is InChI=1S/C10H17N3O2S/c1-7-10(16(11,14)15)8(2)13(12-7)9-5-3-4-6-9/h9H,3-6H2,1-2H3,(H2,11,14,15). The number of primary sulfonamides is 1. The van der Waals surface area contributed by atoms with Gasteiger partial charge in [0.1, 0.15) is 4.90 Å². The van der Waals surface area contributed by atoms with Crippen molar-refractivity contribution in [3.8, 4) is 0 Å². The minimum atomic E-state index is -3.66. The van der Waals surface area contributed by atoms with Crippen LogP contribution in [0.1, 0.15) is 43.1 Å². The Kier molecular flexibility index (Phi) is 2.79. The van der Waals surface area contributed by atoms with Crippen molar-refractivity contribution in [2.75, 3.05) is 0 Å². The second-order valence-electron chi connectivity index (χ2n) is 4.43. The minimum absolute atomic E-state index is 0.194. The van der Waals surface area contributed by atoms with Crippen LogP contribution in [0.3, 0.4) is 0 Å². The van der Waals surface area contributed by atoms with Gasteiger partial charge in [-0.15, -0.1) is 0 Å². The third-order valence-corrected chi connectivity index (χ3v) is 4.37. The van der Waals surface area contributed by atoms with Crippen molar-refractivity contribution in [2.45, 2.75) is 50.5 Å². The topological polar surface area (TPSA) is 78.0 Å². The Balaban J connectivity index is 2.50. The maximum absolute atomic E-state index is 11.4. The molecule has 1 aromatic rings. The molecular weight excluding hydrogens is 226 g/mol. The lowest BCUT2D eigenvalue weighted by atomic mass is 10.2. The molecule has 6 heteroatoms. The Morgan fingerprint density at radius 1 is 1.31 bits per heavy atom. The predicted molar refractivity (Wildman–Crippen MR) is 60.6 cm³/mol. The first-order valence-corrected chi connectivity index (χ1v) is 7.04. The highest BCUT2D eigenvalue weighted by Crippen LogP contribution is 2.32.